The molecule has 47 heavy (non-hydrogen) atoms. The molecule has 0 aliphatic carbocycles. The van der Waals surface area contributed by atoms with E-state index in [4.69, 9.17) is 4.74 Å². The smallest absolute Gasteiger partial charge is 0.453 e. The fourth-order valence-corrected chi connectivity index (χ4v) is 7.22. The Morgan fingerprint density at radius 1 is 0.979 bits per heavy atom. The van der Waals surface area contributed by atoms with Crippen LogP contribution in [0.4, 0.5) is 13.2 Å². The van der Waals surface area contributed by atoms with Gasteiger partial charge >= 0.3 is 6.18 Å². The minimum Gasteiger partial charge on any atom is -0.496 e. The molecule has 0 saturated carbocycles. The van der Waals surface area contributed by atoms with Crippen LogP contribution in [0.15, 0.2) is 48.5 Å². The Morgan fingerprint density at radius 2 is 1.74 bits per heavy atom. The van der Waals surface area contributed by atoms with Gasteiger partial charge in [-0.15, -0.1) is 5.10 Å². The molecule has 2 atom stereocenters. The first kappa shape index (κ1) is 34.5. The van der Waals surface area contributed by atoms with Crippen molar-refractivity contribution < 1.29 is 27.5 Å². The molecule has 0 bridgehead atoms. The molecular weight excluding hydrogens is 609 g/mol. The molecule has 12 heteroatoms. The van der Waals surface area contributed by atoms with Gasteiger partial charge in [0.2, 0.25) is 5.91 Å². The number of hydrogen-bond donors (Lipinski definition) is 0. The third kappa shape index (κ3) is 9.18. The lowest BCUT2D eigenvalue weighted by Crippen LogP contribution is -2.42. The first-order valence-electron chi connectivity index (χ1n) is 16.7. The van der Waals surface area contributed by atoms with E-state index in [0.717, 1.165) is 76.7 Å². The van der Waals surface area contributed by atoms with Crippen LogP contribution in [0.1, 0.15) is 81.2 Å². The van der Waals surface area contributed by atoms with Crippen LogP contribution in [-0.2, 0) is 22.2 Å². The topological polar surface area (TPSA) is 93.4 Å². The summed E-state index contributed by atoms with van der Waals surface area (Å²) >= 11 is 0. The van der Waals surface area contributed by atoms with E-state index in [1.54, 1.807) is 26.2 Å². The van der Waals surface area contributed by atoms with Gasteiger partial charge in [-0.3, -0.25) is 14.5 Å². The number of aromatic nitrogens is 4. The number of unbranched alkanes of at least 4 members (excludes halogenated alkanes) is 1. The highest BCUT2D eigenvalue weighted by Crippen LogP contribution is 2.36. The minimum atomic E-state index is -4.67. The van der Waals surface area contributed by atoms with E-state index in [-0.39, 0.29) is 11.6 Å². The van der Waals surface area contributed by atoms with Crippen LogP contribution in [0, 0.1) is 11.8 Å². The highest BCUT2D eigenvalue weighted by Gasteiger charge is 2.38. The monoisotopic (exact) mass is 654 g/mol. The number of benzene rings is 2. The first-order valence-corrected chi connectivity index (χ1v) is 16.7. The number of ketones is 1. The number of alkyl halides is 3. The Kier molecular flexibility index (Phi) is 11.7. The zero-order valence-corrected chi connectivity index (χ0v) is 27.3. The molecule has 3 heterocycles. The van der Waals surface area contributed by atoms with Crippen LogP contribution in [0.25, 0.3) is 5.69 Å². The van der Waals surface area contributed by atoms with Gasteiger partial charge < -0.3 is 9.64 Å². The standard InChI is InChI=1S/C35H45F3N6O3/c1-25(45)43-20-16-26(17-21-43)12-14-31(46)23-42-19-18-28(32(24-42)27-8-4-3-5-9-27)10-6-7-11-29-22-30(13-15-33(29)47-2)44-34(35(36,37)38)39-40-41-44/h3-5,8-9,13,15,22,26,28,32H,6-7,10-12,14,16-21,23-24H2,1-2H3. The van der Waals surface area contributed by atoms with Crippen molar-refractivity contribution in [1.29, 1.82) is 0 Å². The summed E-state index contributed by atoms with van der Waals surface area (Å²) in [6.45, 7) is 5.43. The van der Waals surface area contributed by atoms with Crippen molar-refractivity contribution in [2.45, 2.75) is 76.8 Å². The molecule has 3 aromatic rings. The molecule has 2 unspecified atom stereocenters. The van der Waals surface area contributed by atoms with Crippen molar-refractivity contribution >= 4 is 11.7 Å². The van der Waals surface area contributed by atoms with Gasteiger partial charge in [-0.25, -0.2) is 0 Å². The highest BCUT2D eigenvalue weighted by molar-refractivity contribution is 5.80. The fourth-order valence-electron chi connectivity index (χ4n) is 7.22. The van der Waals surface area contributed by atoms with Gasteiger partial charge in [0.05, 0.1) is 19.3 Å². The molecule has 0 spiro atoms. The van der Waals surface area contributed by atoms with E-state index >= 15 is 0 Å². The molecule has 0 N–H and O–H groups in total. The van der Waals surface area contributed by atoms with Gasteiger partial charge in [0.1, 0.15) is 11.5 Å². The minimum absolute atomic E-state index is 0.134. The lowest BCUT2D eigenvalue weighted by Gasteiger charge is -2.39. The van der Waals surface area contributed by atoms with Crippen LogP contribution in [0.3, 0.4) is 0 Å². The zero-order valence-electron chi connectivity index (χ0n) is 27.3. The molecule has 254 valence electrons. The molecule has 2 aromatic carbocycles. The van der Waals surface area contributed by atoms with Gasteiger partial charge in [0.25, 0.3) is 5.82 Å². The lowest BCUT2D eigenvalue weighted by atomic mass is 9.77. The number of halogens is 3. The molecule has 5 rings (SSSR count). The van der Waals surface area contributed by atoms with Crippen molar-refractivity contribution in [1.82, 2.24) is 30.0 Å². The fraction of sp³-hybridized carbons (Fsp3) is 0.571. The van der Waals surface area contributed by atoms with Gasteiger partial charge in [-0.1, -0.05) is 36.8 Å². The molecule has 9 nitrogen and oxygen atoms in total. The first-order chi connectivity index (χ1) is 22.6. The number of tetrazole rings is 1. The Balaban J connectivity index is 1.14. The molecule has 2 fully saturated rings. The number of nitrogens with zero attached hydrogens (tertiary/aromatic N) is 6. The number of amides is 1. The van der Waals surface area contributed by atoms with Crippen molar-refractivity contribution in [2.75, 3.05) is 39.8 Å². The third-order valence-corrected chi connectivity index (χ3v) is 9.86. The number of ether oxygens (including phenoxy) is 1. The third-order valence-electron chi connectivity index (χ3n) is 9.86. The van der Waals surface area contributed by atoms with E-state index in [9.17, 15) is 22.8 Å². The van der Waals surface area contributed by atoms with E-state index in [1.807, 2.05) is 11.0 Å². The van der Waals surface area contributed by atoms with Crippen LogP contribution >= 0.6 is 0 Å². The summed E-state index contributed by atoms with van der Waals surface area (Å²) in [6, 6.07) is 15.4. The van der Waals surface area contributed by atoms with E-state index in [0.29, 0.717) is 53.4 Å². The SMILES string of the molecule is COc1ccc(-n2nnnc2C(F)(F)F)cc1CCCCC1CCN(CC(=O)CCC2CCN(C(C)=O)CC2)CC1c1ccccc1. The number of rotatable bonds is 13. The molecule has 0 radical (unpaired) electrons. The molecule has 2 aliphatic heterocycles. The van der Waals surface area contributed by atoms with E-state index in [2.05, 4.69) is 44.7 Å². The van der Waals surface area contributed by atoms with Crippen LogP contribution in [-0.4, -0.2) is 81.5 Å². The number of Topliss-reactive ketones (excluding diaryl/α,β-unsaturated/α-hetero) is 1. The maximum Gasteiger partial charge on any atom is 0.453 e. The average Bonchev–Trinajstić information content (AvgIpc) is 3.58. The second-order valence-corrected chi connectivity index (χ2v) is 13.0. The number of carbonyl (C=O) groups is 2. The van der Waals surface area contributed by atoms with Crippen molar-refractivity contribution in [3.05, 3.63) is 65.5 Å². The van der Waals surface area contributed by atoms with E-state index < -0.39 is 12.0 Å². The molecule has 2 aliphatic rings. The quantitative estimate of drug-likeness (QED) is 0.205. The molecular formula is C35H45F3N6O3. The summed E-state index contributed by atoms with van der Waals surface area (Å²) in [4.78, 5) is 28.9. The number of carbonyl (C=O) groups excluding carboxylic acids is 2. The Morgan fingerprint density at radius 3 is 2.45 bits per heavy atom. The lowest BCUT2D eigenvalue weighted by molar-refractivity contribution is -0.146. The summed E-state index contributed by atoms with van der Waals surface area (Å²) in [6.07, 6.45) is 3.27. The predicted octanol–water partition coefficient (Wildman–Crippen LogP) is 6.12. The van der Waals surface area contributed by atoms with Gasteiger partial charge in [-0.05, 0) is 109 Å². The summed E-state index contributed by atoms with van der Waals surface area (Å²) in [5, 5.41) is 9.96. The predicted molar refractivity (Wildman–Crippen MR) is 171 cm³/mol. The maximum atomic E-state index is 13.4. The molecule has 1 aromatic heterocycles. The van der Waals surface area contributed by atoms with Gasteiger partial charge in [0.15, 0.2) is 0 Å². The van der Waals surface area contributed by atoms with E-state index in [1.165, 1.54) is 11.6 Å². The second-order valence-electron chi connectivity index (χ2n) is 13.0. The Labute approximate surface area is 274 Å². The zero-order chi connectivity index (χ0) is 33.4. The number of aryl methyl sites for hydroxylation is 1. The highest BCUT2D eigenvalue weighted by atomic mass is 19.4. The summed E-state index contributed by atoms with van der Waals surface area (Å²) in [7, 11) is 1.55. The number of likely N-dealkylation sites (tertiary alicyclic amines) is 2. The van der Waals surface area contributed by atoms with Crippen molar-refractivity contribution in [2.24, 2.45) is 11.8 Å². The van der Waals surface area contributed by atoms with Crippen molar-refractivity contribution in [3.8, 4) is 11.4 Å². The number of piperidine rings is 2. The van der Waals surface area contributed by atoms with Crippen LogP contribution in [0.5, 0.6) is 5.75 Å². The second kappa shape index (κ2) is 15.9. The maximum absolute atomic E-state index is 13.4. The summed E-state index contributed by atoms with van der Waals surface area (Å²) in [5.41, 5.74) is 2.34. The van der Waals surface area contributed by atoms with Crippen molar-refractivity contribution in [3.63, 3.8) is 0 Å². The molecule has 1 amide bonds. The normalized spacial score (nSPS) is 19.6. The number of hydrogen-bond acceptors (Lipinski definition) is 7. The van der Waals surface area contributed by atoms with Crippen LogP contribution in [0.2, 0.25) is 0 Å². The summed E-state index contributed by atoms with van der Waals surface area (Å²) < 4.78 is 46.4. The van der Waals surface area contributed by atoms with Gasteiger partial charge in [0, 0.05) is 33.0 Å². The number of methoxy groups -OCH3 is 1. The van der Waals surface area contributed by atoms with Crippen LogP contribution < -0.4 is 4.74 Å². The Hall–Kier alpha value is -3.80. The summed E-state index contributed by atoms with van der Waals surface area (Å²) in [5.74, 6) is 1.19. The average molecular weight is 655 g/mol. The van der Waals surface area contributed by atoms with Gasteiger partial charge in [-0.2, -0.15) is 17.9 Å². The largest absolute Gasteiger partial charge is 0.496 e. The molecule has 2 saturated heterocycles. The Bertz CT molecular complexity index is 1470.